The molecule has 26 heavy (non-hydrogen) atoms. The molecule has 6 nitrogen and oxygen atoms in total. The lowest BCUT2D eigenvalue weighted by Crippen LogP contribution is -2.47. The summed E-state index contributed by atoms with van der Waals surface area (Å²) < 4.78 is 13.4. The van der Waals surface area contributed by atoms with Crippen LogP contribution in [0.4, 0.5) is 21.8 Å². The number of benzene rings is 1. The van der Waals surface area contributed by atoms with Crippen LogP contribution in [0.25, 0.3) is 0 Å². The zero-order valence-electron chi connectivity index (χ0n) is 14.6. The number of rotatable bonds is 3. The van der Waals surface area contributed by atoms with Gasteiger partial charge in [-0.05, 0) is 37.1 Å². The van der Waals surface area contributed by atoms with E-state index in [0.29, 0.717) is 5.56 Å². The van der Waals surface area contributed by atoms with Gasteiger partial charge in [0, 0.05) is 45.5 Å². The van der Waals surface area contributed by atoms with Gasteiger partial charge in [-0.1, -0.05) is 0 Å². The van der Waals surface area contributed by atoms with Gasteiger partial charge in [0.2, 0.25) is 5.95 Å². The third-order valence-corrected chi connectivity index (χ3v) is 5.04. The molecule has 0 N–H and O–H groups in total. The molecule has 2 saturated heterocycles. The second-order valence-electron chi connectivity index (χ2n) is 6.66. The van der Waals surface area contributed by atoms with Crippen molar-refractivity contribution in [3.05, 3.63) is 41.8 Å². The van der Waals surface area contributed by atoms with Gasteiger partial charge in [0.15, 0.2) is 0 Å². The summed E-state index contributed by atoms with van der Waals surface area (Å²) in [6.07, 6.45) is 4.23. The molecule has 2 aliphatic rings. The van der Waals surface area contributed by atoms with Gasteiger partial charge in [-0.25, -0.2) is 9.37 Å². The maximum absolute atomic E-state index is 13.4. The lowest BCUT2D eigenvalue weighted by Gasteiger charge is -2.37. The first kappa shape index (κ1) is 16.6. The highest BCUT2D eigenvalue weighted by molar-refractivity contribution is 5.60. The number of aromatic nitrogens is 2. The second kappa shape index (κ2) is 7.16. The fourth-order valence-corrected chi connectivity index (χ4v) is 3.63. The third kappa shape index (κ3) is 3.27. The highest BCUT2D eigenvalue weighted by Gasteiger charge is 2.22. The lowest BCUT2D eigenvalue weighted by molar-refractivity contribution is 0.623. The van der Waals surface area contributed by atoms with Crippen LogP contribution in [0.1, 0.15) is 18.4 Å². The minimum Gasteiger partial charge on any atom is -0.367 e. The molecule has 3 heterocycles. The van der Waals surface area contributed by atoms with Crippen LogP contribution in [0.15, 0.2) is 30.5 Å². The Bertz CT molecular complexity index is 819. The Balaban J connectivity index is 1.46. The Morgan fingerprint density at radius 3 is 2.38 bits per heavy atom. The molecule has 7 heteroatoms. The first-order valence-corrected chi connectivity index (χ1v) is 9.02. The minimum atomic E-state index is -0.376. The van der Waals surface area contributed by atoms with Crippen LogP contribution in [-0.4, -0.2) is 49.2 Å². The van der Waals surface area contributed by atoms with Crippen LogP contribution in [0.2, 0.25) is 0 Å². The summed E-state index contributed by atoms with van der Waals surface area (Å²) >= 11 is 0. The Morgan fingerprint density at radius 2 is 1.65 bits per heavy atom. The van der Waals surface area contributed by atoms with Gasteiger partial charge in [0.05, 0.1) is 11.3 Å². The molecule has 4 rings (SSSR count). The number of nitrogens with zero attached hydrogens (tertiary/aromatic N) is 6. The molecule has 0 bridgehead atoms. The summed E-state index contributed by atoms with van der Waals surface area (Å²) in [5, 5.41) is 9.26. The van der Waals surface area contributed by atoms with E-state index >= 15 is 0 Å². The molecule has 1 aromatic heterocycles. The molecule has 134 valence electrons. The highest BCUT2D eigenvalue weighted by Crippen LogP contribution is 2.24. The molecule has 2 aromatic rings. The summed E-state index contributed by atoms with van der Waals surface area (Å²) in [6.45, 7) is 5.20. The zero-order valence-corrected chi connectivity index (χ0v) is 14.6. The predicted octanol–water partition coefficient (Wildman–Crippen LogP) is 2.41. The zero-order chi connectivity index (χ0) is 17.9. The van der Waals surface area contributed by atoms with E-state index in [0.717, 1.165) is 56.7 Å². The topological polar surface area (TPSA) is 59.3 Å². The molecule has 0 unspecified atom stereocenters. The average Bonchev–Trinajstić information content (AvgIpc) is 3.23. The Morgan fingerprint density at radius 1 is 0.923 bits per heavy atom. The molecule has 0 aliphatic carbocycles. The van der Waals surface area contributed by atoms with Gasteiger partial charge in [0.1, 0.15) is 17.7 Å². The lowest BCUT2D eigenvalue weighted by atomic mass is 10.1. The summed E-state index contributed by atoms with van der Waals surface area (Å²) in [5.41, 5.74) is 1.19. The maximum atomic E-state index is 13.4. The quantitative estimate of drug-likeness (QED) is 0.845. The molecular weight excluding hydrogens is 331 g/mol. The van der Waals surface area contributed by atoms with Crippen LogP contribution in [0, 0.1) is 17.1 Å². The molecule has 0 amide bonds. The van der Waals surface area contributed by atoms with Crippen LogP contribution in [-0.2, 0) is 0 Å². The number of piperazine rings is 1. The summed E-state index contributed by atoms with van der Waals surface area (Å²) in [4.78, 5) is 15.8. The smallest absolute Gasteiger partial charge is 0.227 e. The van der Waals surface area contributed by atoms with E-state index in [9.17, 15) is 9.65 Å². The van der Waals surface area contributed by atoms with Crippen molar-refractivity contribution in [3.8, 4) is 6.07 Å². The van der Waals surface area contributed by atoms with Crippen molar-refractivity contribution >= 4 is 17.5 Å². The Kier molecular flexibility index (Phi) is 4.57. The monoisotopic (exact) mass is 352 g/mol. The second-order valence-corrected chi connectivity index (χ2v) is 6.66. The van der Waals surface area contributed by atoms with E-state index in [1.54, 1.807) is 6.07 Å². The molecule has 2 aliphatic heterocycles. The molecular formula is C19H21FN6. The van der Waals surface area contributed by atoms with Crippen molar-refractivity contribution in [2.75, 3.05) is 54.0 Å². The molecule has 0 saturated carbocycles. The van der Waals surface area contributed by atoms with E-state index < -0.39 is 0 Å². The molecule has 2 fully saturated rings. The number of halogens is 1. The Labute approximate surface area is 152 Å². The van der Waals surface area contributed by atoms with Crippen LogP contribution >= 0.6 is 0 Å². The Hall–Kier alpha value is -2.88. The summed E-state index contributed by atoms with van der Waals surface area (Å²) in [7, 11) is 0. The average molecular weight is 352 g/mol. The van der Waals surface area contributed by atoms with Crippen LogP contribution in [0.3, 0.4) is 0 Å². The van der Waals surface area contributed by atoms with Crippen molar-refractivity contribution in [1.29, 1.82) is 5.26 Å². The van der Waals surface area contributed by atoms with Crippen molar-refractivity contribution in [2.45, 2.75) is 12.8 Å². The van der Waals surface area contributed by atoms with E-state index in [2.05, 4.69) is 25.8 Å². The molecule has 0 radical (unpaired) electrons. The van der Waals surface area contributed by atoms with Gasteiger partial charge in [-0.2, -0.15) is 10.2 Å². The maximum Gasteiger partial charge on any atom is 0.227 e. The van der Waals surface area contributed by atoms with Crippen LogP contribution < -0.4 is 14.7 Å². The standard InChI is InChI=1S/C19H21FN6/c20-16-3-4-17(15(13-16)14-21)24-9-11-25(12-10-24)18-5-6-22-19(23-18)26-7-1-2-8-26/h3-6,13H,1-2,7-12H2. The van der Waals surface area contributed by atoms with Crippen LogP contribution in [0.5, 0.6) is 0 Å². The van der Waals surface area contributed by atoms with Crippen molar-refractivity contribution in [2.24, 2.45) is 0 Å². The van der Waals surface area contributed by atoms with Gasteiger partial charge in [0.25, 0.3) is 0 Å². The van der Waals surface area contributed by atoms with Crippen molar-refractivity contribution in [3.63, 3.8) is 0 Å². The minimum absolute atomic E-state index is 0.376. The van der Waals surface area contributed by atoms with Gasteiger partial charge in [-0.3, -0.25) is 0 Å². The molecule has 0 atom stereocenters. The molecule has 1 aromatic carbocycles. The number of anilines is 3. The first-order chi connectivity index (χ1) is 12.7. The van der Waals surface area contributed by atoms with E-state index in [4.69, 9.17) is 4.98 Å². The summed E-state index contributed by atoms with van der Waals surface area (Å²) in [5.74, 6) is 1.38. The van der Waals surface area contributed by atoms with E-state index in [-0.39, 0.29) is 5.82 Å². The van der Waals surface area contributed by atoms with Gasteiger partial charge < -0.3 is 14.7 Å². The van der Waals surface area contributed by atoms with Gasteiger partial charge >= 0.3 is 0 Å². The first-order valence-electron chi connectivity index (χ1n) is 9.02. The van der Waals surface area contributed by atoms with Gasteiger partial charge in [-0.15, -0.1) is 0 Å². The fraction of sp³-hybridized carbons (Fsp3) is 0.421. The SMILES string of the molecule is N#Cc1cc(F)ccc1N1CCN(c2ccnc(N3CCCC3)n2)CC1. The van der Waals surface area contributed by atoms with E-state index in [1.807, 2.05) is 12.3 Å². The van der Waals surface area contributed by atoms with Crippen molar-refractivity contribution < 1.29 is 4.39 Å². The largest absolute Gasteiger partial charge is 0.367 e. The predicted molar refractivity (Wildman–Crippen MR) is 99.0 cm³/mol. The normalized spacial score (nSPS) is 17.5. The number of hydrogen-bond donors (Lipinski definition) is 0. The number of hydrogen-bond acceptors (Lipinski definition) is 6. The fourth-order valence-electron chi connectivity index (χ4n) is 3.63. The number of nitriles is 1. The summed E-state index contributed by atoms with van der Waals surface area (Å²) in [6, 6.07) is 8.45. The third-order valence-electron chi connectivity index (χ3n) is 5.04. The van der Waals surface area contributed by atoms with E-state index in [1.165, 1.54) is 25.0 Å². The van der Waals surface area contributed by atoms with Crippen molar-refractivity contribution in [1.82, 2.24) is 9.97 Å². The highest BCUT2D eigenvalue weighted by atomic mass is 19.1. The molecule has 0 spiro atoms.